The number of benzene rings is 1. The Morgan fingerprint density at radius 2 is 2.06 bits per heavy atom. The standard InChI is InChI=1S/C11H13BrN2O2S/c12-10-3-1-9(2-4-10)7-13-14-11-5-6-17(15,16)8-11/h1-4,7,11,14H,5-6,8H2/b13-7-/t11-/m0/s1. The van der Waals surface area contributed by atoms with Crippen LogP contribution in [-0.4, -0.2) is 32.2 Å². The number of halogens is 1. The molecular weight excluding hydrogens is 304 g/mol. The lowest BCUT2D eigenvalue weighted by Crippen LogP contribution is -2.25. The average molecular weight is 317 g/mol. The monoisotopic (exact) mass is 316 g/mol. The van der Waals surface area contributed by atoms with Gasteiger partial charge in [-0.1, -0.05) is 28.1 Å². The Balaban J connectivity index is 1.88. The van der Waals surface area contributed by atoms with Gasteiger partial charge in [-0.3, -0.25) is 0 Å². The summed E-state index contributed by atoms with van der Waals surface area (Å²) in [5.41, 5.74) is 3.85. The minimum atomic E-state index is -2.84. The molecule has 1 aliphatic heterocycles. The van der Waals surface area contributed by atoms with Crippen molar-refractivity contribution in [1.29, 1.82) is 0 Å². The van der Waals surface area contributed by atoms with Crippen LogP contribution < -0.4 is 5.43 Å². The van der Waals surface area contributed by atoms with Crippen molar-refractivity contribution >= 4 is 32.0 Å². The Kier molecular flexibility index (Phi) is 3.83. The van der Waals surface area contributed by atoms with Gasteiger partial charge in [-0.05, 0) is 24.1 Å². The zero-order valence-electron chi connectivity index (χ0n) is 9.14. The Labute approximate surface area is 109 Å². The van der Waals surface area contributed by atoms with Crippen LogP contribution in [0.15, 0.2) is 33.8 Å². The van der Waals surface area contributed by atoms with Gasteiger partial charge in [0, 0.05) is 4.47 Å². The highest BCUT2D eigenvalue weighted by atomic mass is 79.9. The minimum absolute atomic E-state index is 0.0494. The molecule has 0 radical (unpaired) electrons. The summed E-state index contributed by atoms with van der Waals surface area (Å²) in [6.07, 6.45) is 2.33. The number of hydrazone groups is 1. The normalized spacial score (nSPS) is 23.0. The number of hydrogen-bond acceptors (Lipinski definition) is 4. The van der Waals surface area contributed by atoms with E-state index < -0.39 is 9.84 Å². The molecule has 1 saturated heterocycles. The average Bonchev–Trinajstić information content (AvgIpc) is 2.61. The summed E-state index contributed by atoms with van der Waals surface area (Å²) in [5, 5.41) is 4.06. The Morgan fingerprint density at radius 1 is 1.35 bits per heavy atom. The number of rotatable bonds is 3. The minimum Gasteiger partial charge on any atom is -0.306 e. The third kappa shape index (κ3) is 3.81. The molecule has 2 rings (SSSR count). The molecule has 1 heterocycles. The van der Waals surface area contributed by atoms with E-state index in [9.17, 15) is 8.42 Å². The lowest BCUT2D eigenvalue weighted by Gasteiger charge is -2.05. The van der Waals surface area contributed by atoms with Crippen molar-refractivity contribution in [3.63, 3.8) is 0 Å². The highest BCUT2D eigenvalue weighted by Gasteiger charge is 2.27. The fourth-order valence-electron chi connectivity index (χ4n) is 1.66. The Bertz CT molecular complexity index is 511. The van der Waals surface area contributed by atoms with Crippen LogP contribution >= 0.6 is 15.9 Å². The van der Waals surface area contributed by atoms with Gasteiger partial charge < -0.3 is 5.43 Å². The number of nitrogens with zero attached hydrogens (tertiary/aromatic N) is 1. The second kappa shape index (κ2) is 5.18. The zero-order valence-corrected chi connectivity index (χ0v) is 11.5. The third-order valence-electron chi connectivity index (χ3n) is 2.57. The van der Waals surface area contributed by atoms with Crippen molar-refractivity contribution < 1.29 is 8.42 Å². The SMILES string of the molecule is O=S1(=O)CC[C@H](N/N=C\c2ccc(Br)cc2)C1. The van der Waals surface area contributed by atoms with Gasteiger partial charge in [0.1, 0.15) is 0 Å². The first kappa shape index (κ1) is 12.6. The van der Waals surface area contributed by atoms with E-state index in [1.54, 1.807) is 6.21 Å². The molecule has 1 atom stereocenters. The molecule has 1 aromatic carbocycles. The first-order valence-electron chi connectivity index (χ1n) is 5.30. The van der Waals surface area contributed by atoms with Crippen LogP contribution in [-0.2, 0) is 9.84 Å². The first-order chi connectivity index (χ1) is 8.05. The van der Waals surface area contributed by atoms with Crippen LogP contribution in [0.1, 0.15) is 12.0 Å². The molecule has 0 saturated carbocycles. The fourth-order valence-corrected chi connectivity index (χ4v) is 3.59. The quantitative estimate of drug-likeness (QED) is 0.680. The summed E-state index contributed by atoms with van der Waals surface area (Å²) >= 11 is 3.35. The van der Waals surface area contributed by atoms with Gasteiger partial charge in [0.2, 0.25) is 0 Å². The molecule has 4 nitrogen and oxygen atoms in total. The molecule has 1 aliphatic rings. The van der Waals surface area contributed by atoms with E-state index in [1.165, 1.54) is 0 Å². The van der Waals surface area contributed by atoms with Crippen molar-refractivity contribution in [1.82, 2.24) is 5.43 Å². The van der Waals surface area contributed by atoms with Gasteiger partial charge in [0.25, 0.3) is 0 Å². The molecule has 0 amide bonds. The molecule has 1 aromatic rings. The van der Waals surface area contributed by atoms with E-state index in [-0.39, 0.29) is 17.5 Å². The molecule has 0 bridgehead atoms. The maximum absolute atomic E-state index is 11.2. The smallest absolute Gasteiger partial charge is 0.152 e. The van der Waals surface area contributed by atoms with E-state index in [0.717, 1.165) is 10.0 Å². The predicted molar refractivity (Wildman–Crippen MR) is 71.9 cm³/mol. The summed E-state index contributed by atoms with van der Waals surface area (Å²) in [6, 6.07) is 7.68. The lowest BCUT2D eigenvalue weighted by molar-refractivity contribution is 0.578. The first-order valence-corrected chi connectivity index (χ1v) is 7.91. The van der Waals surface area contributed by atoms with Crippen LogP contribution in [0.4, 0.5) is 0 Å². The summed E-state index contributed by atoms with van der Waals surface area (Å²) < 4.78 is 23.4. The van der Waals surface area contributed by atoms with Crippen molar-refractivity contribution in [2.75, 3.05) is 11.5 Å². The van der Waals surface area contributed by atoms with Crippen LogP contribution in [0.5, 0.6) is 0 Å². The maximum atomic E-state index is 11.2. The van der Waals surface area contributed by atoms with Crippen molar-refractivity contribution in [3.05, 3.63) is 34.3 Å². The van der Waals surface area contributed by atoms with Gasteiger partial charge >= 0.3 is 0 Å². The van der Waals surface area contributed by atoms with Crippen LogP contribution in [0.3, 0.4) is 0 Å². The topological polar surface area (TPSA) is 58.5 Å². The summed E-state index contributed by atoms with van der Waals surface area (Å²) in [7, 11) is -2.84. The highest BCUT2D eigenvalue weighted by molar-refractivity contribution is 9.10. The largest absolute Gasteiger partial charge is 0.306 e. The molecule has 0 aromatic heterocycles. The molecule has 1 fully saturated rings. The number of sulfone groups is 1. The second-order valence-corrected chi connectivity index (χ2v) is 7.18. The molecule has 1 N–H and O–H groups in total. The van der Waals surface area contributed by atoms with Crippen molar-refractivity contribution in [3.8, 4) is 0 Å². The molecule has 0 spiro atoms. The maximum Gasteiger partial charge on any atom is 0.152 e. The van der Waals surface area contributed by atoms with Gasteiger partial charge in [0.05, 0.1) is 23.8 Å². The number of hydrogen-bond donors (Lipinski definition) is 1. The highest BCUT2D eigenvalue weighted by Crippen LogP contribution is 2.11. The second-order valence-electron chi connectivity index (χ2n) is 4.04. The molecule has 0 aliphatic carbocycles. The van der Waals surface area contributed by atoms with E-state index >= 15 is 0 Å². The van der Waals surface area contributed by atoms with Crippen LogP contribution in [0.2, 0.25) is 0 Å². The summed E-state index contributed by atoms with van der Waals surface area (Å²) in [4.78, 5) is 0. The van der Waals surface area contributed by atoms with E-state index in [1.807, 2.05) is 24.3 Å². The van der Waals surface area contributed by atoms with Crippen molar-refractivity contribution in [2.45, 2.75) is 12.5 Å². The molecule has 17 heavy (non-hydrogen) atoms. The lowest BCUT2D eigenvalue weighted by atomic mass is 10.2. The van der Waals surface area contributed by atoms with Gasteiger partial charge in [-0.15, -0.1) is 0 Å². The fraction of sp³-hybridized carbons (Fsp3) is 0.364. The number of nitrogens with one attached hydrogen (secondary N) is 1. The van der Waals surface area contributed by atoms with Crippen LogP contribution in [0, 0.1) is 0 Å². The summed E-state index contributed by atoms with van der Waals surface area (Å²) in [6.45, 7) is 0. The molecule has 6 heteroatoms. The Hall–Kier alpha value is -0.880. The summed E-state index contributed by atoms with van der Waals surface area (Å²) in [5.74, 6) is 0.448. The van der Waals surface area contributed by atoms with Crippen LogP contribution in [0.25, 0.3) is 0 Å². The Morgan fingerprint density at radius 3 is 2.65 bits per heavy atom. The molecule has 92 valence electrons. The van der Waals surface area contributed by atoms with Gasteiger partial charge in [0.15, 0.2) is 9.84 Å². The van der Waals surface area contributed by atoms with E-state index in [0.29, 0.717) is 6.42 Å². The van der Waals surface area contributed by atoms with E-state index in [4.69, 9.17) is 0 Å². The van der Waals surface area contributed by atoms with Gasteiger partial charge in [-0.2, -0.15) is 5.10 Å². The predicted octanol–water partition coefficient (Wildman–Crippen LogP) is 1.56. The zero-order chi connectivity index (χ0) is 12.3. The van der Waals surface area contributed by atoms with E-state index in [2.05, 4.69) is 26.5 Å². The molecular formula is C11H13BrN2O2S. The third-order valence-corrected chi connectivity index (χ3v) is 4.87. The van der Waals surface area contributed by atoms with Gasteiger partial charge in [-0.25, -0.2) is 8.42 Å². The van der Waals surface area contributed by atoms with Crippen molar-refractivity contribution in [2.24, 2.45) is 5.10 Å². The molecule has 0 unspecified atom stereocenters.